The second kappa shape index (κ2) is 9.39. The highest BCUT2D eigenvalue weighted by molar-refractivity contribution is 8.13. The minimum Gasteiger partial charge on any atom is -0.211 e. The molecule has 6 nitrogen and oxygen atoms in total. The lowest BCUT2D eigenvalue weighted by atomic mass is 9.96. The van der Waals surface area contributed by atoms with Gasteiger partial charge in [-0.1, -0.05) is 38.5 Å². The average Bonchev–Trinajstić information content (AvgIpc) is 2.63. The highest BCUT2D eigenvalue weighted by atomic mass is 32.3. The van der Waals surface area contributed by atoms with Crippen LogP contribution in [0.3, 0.4) is 0 Å². The fourth-order valence-electron chi connectivity index (χ4n) is 3.61. The van der Waals surface area contributed by atoms with Crippen LogP contribution in [0.5, 0.6) is 0 Å². The van der Waals surface area contributed by atoms with Crippen molar-refractivity contribution in [1.29, 1.82) is 0 Å². The second-order valence-electron chi connectivity index (χ2n) is 6.98. The molecule has 9 heteroatoms. The topological polar surface area (TPSA) is 74.8 Å². The number of hydrogen-bond acceptors (Lipinski definition) is 5. The summed E-state index contributed by atoms with van der Waals surface area (Å²) < 4.78 is 53.7. The first kappa shape index (κ1) is 21.5. The Labute approximate surface area is 158 Å². The average molecular weight is 413 g/mol. The molecule has 0 aliphatic heterocycles. The van der Waals surface area contributed by atoms with Crippen LogP contribution in [-0.4, -0.2) is 47.8 Å². The van der Waals surface area contributed by atoms with Crippen LogP contribution in [0.2, 0.25) is 0 Å². The van der Waals surface area contributed by atoms with Crippen molar-refractivity contribution in [3.8, 4) is 0 Å². The van der Waals surface area contributed by atoms with Crippen LogP contribution in [0.1, 0.15) is 78.1 Å². The van der Waals surface area contributed by atoms with E-state index in [0.29, 0.717) is 0 Å². The summed E-state index contributed by atoms with van der Waals surface area (Å²) in [6.45, 7) is 3.26. The molecule has 0 unspecified atom stereocenters. The van der Waals surface area contributed by atoms with Gasteiger partial charge >= 0.3 is 0 Å². The molecule has 0 spiro atoms. The van der Waals surface area contributed by atoms with Crippen molar-refractivity contribution in [1.82, 2.24) is 7.42 Å². The van der Waals surface area contributed by atoms with Gasteiger partial charge in [0.1, 0.15) is 0 Å². The van der Waals surface area contributed by atoms with Crippen molar-refractivity contribution < 1.29 is 16.8 Å². The van der Waals surface area contributed by atoms with E-state index >= 15 is 0 Å². The molecule has 25 heavy (non-hydrogen) atoms. The minimum atomic E-state index is -3.47. The van der Waals surface area contributed by atoms with Crippen molar-refractivity contribution in [2.45, 2.75) is 90.1 Å². The van der Waals surface area contributed by atoms with Gasteiger partial charge < -0.3 is 0 Å². The summed E-state index contributed by atoms with van der Waals surface area (Å²) in [6, 6.07) is -0.191. The Bertz CT molecular complexity index is 555. The second-order valence-corrected chi connectivity index (χ2v) is 12.7. The summed E-state index contributed by atoms with van der Waals surface area (Å²) in [7, 11) is -6.94. The monoisotopic (exact) mass is 412 g/mol. The highest BCUT2D eigenvalue weighted by Crippen LogP contribution is 2.37. The molecule has 2 saturated carbocycles. The van der Waals surface area contributed by atoms with Gasteiger partial charge in [-0.2, -0.15) is 0 Å². The SMILES string of the molecule is CCS(=O)(=O)N(SN(C1CCCCC1)S(=O)(=O)CC)C1CCCCC1. The molecule has 0 heterocycles. The Kier molecular flexibility index (Phi) is 8.07. The molecule has 0 N–H and O–H groups in total. The van der Waals surface area contributed by atoms with Crippen molar-refractivity contribution in [2.24, 2.45) is 0 Å². The summed E-state index contributed by atoms with van der Waals surface area (Å²) in [6.07, 6.45) is 9.54. The normalized spacial score (nSPS) is 21.9. The van der Waals surface area contributed by atoms with Crippen molar-refractivity contribution in [3.05, 3.63) is 0 Å². The zero-order valence-corrected chi connectivity index (χ0v) is 17.8. The summed E-state index contributed by atoms with van der Waals surface area (Å²) in [5, 5.41) is 0. The van der Waals surface area contributed by atoms with Gasteiger partial charge in [0.2, 0.25) is 20.0 Å². The Balaban J connectivity index is 2.30. The minimum absolute atomic E-state index is 0.00117. The number of nitrogens with zero attached hydrogens (tertiary/aromatic N) is 2. The van der Waals surface area contributed by atoms with Gasteiger partial charge in [-0.15, -0.1) is 7.42 Å². The summed E-state index contributed by atoms with van der Waals surface area (Å²) in [5.41, 5.74) is 0. The van der Waals surface area contributed by atoms with Crippen molar-refractivity contribution in [3.63, 3.8) is 0 Å². The van der Waals surface area contributed by atoms with Gasteiger partial charge in [0.25, 0.3) is 0 Å². The molecule has 2 aliphatic rings. The molecule has 0 bridgehead atoms. The molecular weight excluding hydrogens is 380 g/mol. The number of sulfonamides is 2. The predicted octanol–water partition coefficient (Wildman–Crippen LogP) is 3.52. The molecule has 2 aliphatic carbocycles. The summed E-state index contributed by atoms with van der Waals surface area (Å²) in [4.78, 5) is 0. The van der Waals surface area contributed by atoms with Gasteiger partial charge in [-0.05, 0) is 39.5 Å². The van der Waals surface area contributed by atoms with Gasteiger partial charge in [-0.25, -0.2) is 16.8 Å². The van der Waals surface area contributed by atoms with E-state index in [4.69, 9.17) is 0 Å². The van der Waals surface area contributed by atoms with E-state index < -0.39 is 20.0 Å². The predicted molar refractivity (Wildman–Crippen MR) is 104 cm³/mol. The zero-order chi connectivity index (χ0) is 18.5. The standard InChI is InChI=1S/C16H32N2O4S3/c1-3-24(19,20)17(15-11-7-5-8-12-15)23-18(25(21,22)4-2)16-13-9-6-10-14-16/h15-16H,3-14H2,1-2H3. The third-order valence-corrected chi connectivity index (χ3v) is 11.0. The molecule has 0 radical (unpaired) electrons. The Morgan fingerprint density at radius 1 is 0.680 bits per heavy atom. The van der Waals surface area contributed by atoms with Gasteiger partial charge in [0.15, 0.2) is 0 Å². The maximum atomic E-state index is 12.7. The van der Waals surface area contributed by atoms with Crippen LogP contribution in [0.4, 0.5) is 0 Å². The Morgan fingerprint density at radius 2 is 1.00 bits per heavy atom. The van der Waals surface area contributed by atoms with E-state index in [1.165, 1.54) is 7.42 Å². The van der Waals surface area contributed by atoms with Crippen LogP contribution < -0.4 is 0 Å². The molecule has 0 aromatic heterocycles. The van der Waals surface area contributed by atoms with Crippen LogP contribution in [0, 0.1) is 0 Å². The highest BCUT2D eigenvalue weighted by Gasteiger charge is 2.39. The molecular formula is C16H32N2O4S3. The van der Waals surface area contributed by atoms with E-state index in [2.05, 4.69) is 0 Å². The molecule has 2 rings (SSSR count). The van der Waals surface area contributed by atoms with Crippen LogP contribution in [0.25, 0.3) is 0 Å². The van der Waals surface area contributed by atoms with Crippen molar-refractivity contribution >= 4 is 32.2 Å². The lowest BCUT2D eigenvalue weighted by Gasteiger charge is -2.38. The Morgan fingerprint density at radius 3 is 1.28 bits per heavy atom. The fourth-order valence-corrected chi connectivity index (χ4v) is 8.30. The molecule has 0 aromatic rings. The smallest absolute Gasteiger partial charge is 0.211 e. The van der Waals surface area contributed by atoms with E-state index in [1.807, 2.05) is 0 Å². The first-order chi connectivity index (χ1) is 11.8. The van der Waals surface area contributed by atoms with E-state index in [1.54, 1.807) is 13.8 Å². The van der Waals surface area contributed by atoms with Crippen LogP contribution in [-0.2, 0) is 20.0 Å². The van der Waals surface area contributed by atoms with Crippen LogP contribution >= 0.6 is 12.1 Å². The maximum Gasteiger partial charge on any atom is 0.224 e. The molecule has 0 amide bonds. The lowest BCUT2D eigenvalue weighted by molar-refractivity contribution is 0.319. The number of hydrogen-bond donors (Lipinski definition) is 0. The molecule has 0 aromatic carbocycles. The largest absolute Gasteiger partial charge is 0.224 e. The molecule has 0 atom stereocenters. The van der Waals surface area contributed by atoms with E-state index in [-0.39, 0.29) is 23.6 Å². The van der Waals surface area contributed by atoms with Gasteiger partial charge in [-0.3, -0.25) is 0 Å². The maximum absolute atomic E-state index is 12.7. The quantitative estimate of drug-likeness (QED) is 0.570. The van der Waals surface area contributed by atoms with Gasteiger partial charge in [0.05, 0.1) is 11.5 Å². The van der Waals surface area contributed by atoms with E-state index in [9.17, 15) is 16.8 Å². The van der Waals surface area contributed by atoms with Crippen LogP contribution in [0.15, 0.2) is 0 Å². The molecule has 0 saturated heterocycles. The number of rotatable bonds is 8. The summed E-state index contributed by atoms with van der Waals surface area (Å²) >= 11 is 0.957. The first-order valence-electron chi connectivity index (χ1n) is 9.54. The Hall–Kier alpha value is 0.170. The van der Waals surface area contributed by atoms with Gasteiger partial charge in [0, 0.05) is 24.2 Å². The fraction of sp³-hybridized carbons (Fsp3) is 1.00. The third kappa shape index (κ3) is 5.57. The molecule has 148 valence electrons. The zero-order valence-electron chi connectivity index (χ0n) is 15.4. The first-order valence-corrected chi connectivity index (χ1v) is 13.5. The molecule has 2 fully saturated rings. The van der Waals surface area contributed by atoms with E-state index in [0.717, 1.165) is 76.3 Å². The van der Waals surface area contributed by atoms with Crippen molar-refractivity contribution in [2.75, 3.05) is 11.5 Å². The third-order valence-electron chi connectivity index (χ3n) is 5.18. The summed E-state index contributed by atoms with van der Waals surface area (Å²) in [5.74, 6) is 0.00234. The lowest BCUT2D eigenvalue weighted by Crippen LogP contribution is -2.45.